The molecule has 0 aromatic heterocycles. The van der Waals surface area contributed by atoms with Gasteiger partial charge >= 0.3 is 0 Å². The quantitative estimate of drug-likeness (QED) is 0.930. The van der Waals surface area contributed by atoms with Crippen LogP contribution in [-0.2, 0) is 6.54 Å². The second-order valence-electron chi connectivity index (χ2n) is 4.93. The summed E-state index contributed by atoms with van der Waals surface area (Å²) in [5.74, 6) is 0.849. The van der Waals surface area contributed by atoms with Crippen LogP contribution in [-0.4, -0.2) is 35.8 Å². The molecule has 1 N–H and O–H groups in total. The third-order valence-electron chi connectivity index (χ3n) is 3.15. The summed E-state index contributed by atoms with van der Waals surface area (Å²) in [7, 11) is 1.66. The number of halogens is 1. The number of rotatable bonds is 3. The van der Waals surface area contributed by atoms with Crippen molar-refractivity contribution in [1.29, 1.82) is 0 Å². The molecule has 0 radical (unpaired) electrons. The maximum Gasteiger partial charge on any atom is 0.133 e. The molecular formula is C13H18BrNO2. The van der Waals surface area contributed by atoms with Gasteiger partial charge in [-0.15, -0.1) is 0 Å². The van der Waals surface area contributed by atoms with E-state index in [0.717, 1.165) is 36.3 Å². The summed E-state index contributed by atoms with van der Waals surface area (Å²) in [6.45, 7) is 4.48. The fraction of sp³-hybridized carbons (Fsp3) is 0.538. The molecule has 1 aromatic rings. The van der Waals surface area contributed by atoms with Gasteiger partial charge < -0.3 is 9.84 Å². The first-order valence-electron chi connectivity index (χ1n) is 5.77. The standard InChI is InChI=1S/C13H18BrNO2/c1-13(16)5-6-15(9-13)8-10-3-4-12(17-2)11(14)7-10/h3-4,7,16H,5-6,8-9H2,1-2H3. The van der Waals surface area contributed by atoms with E-state index in [4.69, 9.17) is 4.74 Å². The number of nitrogens with zero attached hydrogens (tertiary/aromatic N) is 1. The molecule has 1 aromatic carbocycles. The number of benzene rings is 1. The normalized spacial score (nSPS) is 25.2. The molecule has 3 nitrogen and oxygen atoms in total. The van der Waals surface area contributed by atoms with Crippen LogP contribution in [0.15, 0.2) is 22.7 Å². The second-order valence-corrected chi connectivity index (χ2v) is 5.78. The molecule has 0 bridgehead atoms. The minimum atomic E-state index is -0.524. The zero-order valence-corrected chi connectivity index (χ0v) is 11.8. The van der Waals surface area contributed by atoms with Crippen LogP contribution in [0.5, 0.6) is 5.75 Å². The Balaban J connectivity index is 2.02. The van der Waals surface area contributed by atoms with E-state index in [9.17, 15) is 5.11 Å². The third-order valence-corrected chi connectivity index (χ3v) is 3.77. The number of β-amino-alcohol motifs (C(OH)–C–C–N with tert-alkyl or cyclic N) is 1. The Hall–Kier alpha value is -0.580. The van der Waals surface area contributed by atoms with E-state index in [2.05, 4.69) is 33.0 Å². The Morgan fingerprint density at radius 1 is 1.53 bits per heavy atom. The lowest BCUT2D eigenvalue weighted by Gasteiger charge is -2.19. The lowest BCUT2D eigenvalue weighted by atomic mass is 10.1. The Bertz CT molecular complexity index is 406. The van der Waals surface area contributed by atoms with Crippen molar-refractivity contribution in [3.8, 4) is 5.75 Å². The molecule has 0 aliphatic carbocycles. The molecule has 2 rings (SSSR count). The highest BCUT2D eigenvalue weighted by Crippen LogP contribution is 2.27. The smallest absolute Gasteiger partial charge is 0.133 e. The largest absolute Gasteiger partial charge is 0.496 e. The van der Waals surface area contributed by atoms with Gasteiger partial charge in [0, 0.05) is 19.6 Å². The zero-order valence-electron chi connectivity index (χ0n) is 10.2. The number of ether oxygens (including phenoxy) is 1. The third kappa shape index (κ3) is 3.21. The van der Waals surface area contributed by atoms with Crippen molar-refractivity contribution in [2.75, 3.05) is 20.2 Å². The summed E-state index contributed by atoms with van der Waals surface area (Å²) >= 11 is 3.49. The second kappa shape index (κ2) is 4.96. The predicted octanol–water partition coefficient (Wildman–Crippen LogP) is 2.41. The molecule has 1 atom stereocenters. The molecule has 4 heteroatoms. The van der Waals surface area contributed by atoms with Gasteiger partial charge in [0.1, 0.15) is 5.75 Å². The number of aliphatic hydroxyl groups is 1. The maximum atomic E-state index is 9.91. The van der Waals surface area contributed by atoms with Crippen molar-refractivity contribution >= 4 is 15.9 Å². The highest BCUT2D eigenvalue weighted by Gasteiger charge is 2.30. The van der Waals surface area contributed by atoms with Crippen molar-refractivity contribution in [2.24, 2.45) is 0 Å². The van der Waals surface area contributed by atoms with Crippen LogP contribution in [0.2, 0.25) is 0 Å². The Kier molecular flexibility index (Phi) is 3.76. The number of likely N-dealkylation sites (tertiary alicyclic amines) is 1. The van der Waals surface area contributed by atoms with Gasteiger partial charge in [-0.1, -0.05) is 6.07 Å². The van der Waals surface area contributed by atoms with E-state index in [-0.39, 0.29) is 0 Å². The first-order chi connectivity index (χ1) is 8.00. The van der Waals surface area contributed by atoms with Gasteiger partial charge in [0.05, 0.1) is 17.2 Å². The fourth-order valence-electron chi connectivity index (χ4n) is 2.24. The predicted molar refractivity (Wildman–Crippen MR) is 71.2 cm³/mol. The molecule has 1 fully saturated rings. The fourth-order valence-corrected chi connectivity index (χ4v) is 2.83. The van der Waals surface area contributed by atoms with E-state index < -0.39 is 5.60 Å². The Labute approximate surface area is 111 Å². The summed E-state index contributed by atoms with van der Waals surface area (Å²) in [5.41, 5.74) is 0.708. The summed E-state index contributed by atoms with van der Waals surface area (Å²) in [5, 5.41) is 9.91. The first-order valence-corrected chi connectivity index (χ1v) is 6.57. The molecule has 1 saturated heterocycles. The topological polar surface area (TPSA) is 32.7 Å². The van der Waals surface area contributed by atoms with Crippen molar-refractivity contribution in [2.45, 2.75) is 25.5 Å². The van der Waals surface area contributed by atoms with Gasteiger partial charge in [-0.3, -0.25) is 4.90 Å². The number of methoxy groups -OCH3 is 1. The average molecular weight is 300 g/mol. The minimum Gasteiger partial charge on any atom is -0.496 e. The van der Waals surface area contributed by atoms with Crippen LogP contribution in [0.3, 0.4) is 0 Å². The Morgan fingerprint density at radius 3 is 2.82 bits per heavy atom. The average Bonchev–Trinajstić information content (AvgIpc) is 2.58. The van der Waals surface area contributed by atoms with Crippen molar-refractivity contribution < 1.29 is 9.84 Å². The minimum absolute atomic E-state index is 0.524. The molecule has 0 spiro atoms. The summed E-state index contributed by atoms with van der Waals surface area (Å²) in [6.07, 6.45) is 0.852. The van der Waals surface area contributed by atoms with E-state index in [0.29, 0.717) is 0 Å². The summed E-state index contributed by atoms with van der Waals surface area (Å²) in [4.78, 5) is 2.27. The molecule has 0 saturated carbocycles. The zero-order chi connectivity index (χ0) is 12.5. The molecule has 17 heavy (non-hydrogen) atoms. The SMILES string of the molecule is COc1ccc(CN2CCC(C)(O)C2)cc1Br. The first kappa shape index (κ1) is 12.9. The highest BCUT2D eigenvalue weighted by molar-refractivity contribution is 9.10. The lowest BCUT2D eigenvalue weighted by molar-refractivity contribution is 0.0679. The summed E-state index contributed by atoms with van der Waals surface area (Å²) < 4.78 is 6.18. The van der Waals surface area contributed by atoms with Gasteiger partial charge in [0.2, 0.25) is 0 Å². The Morgan fingerprint density at radius 2 is 2.29 bits per heavy atom. The molecular weight excluding hydrogens is 282 g/mol. The van der Waals surface area contributed by atoms with E-state index in [1.807, 2.05) is 13.0 Å². The van der Waals surface area contributed by atoms with Gasteiger partial charge in [0.25, 0.3) is 0 Å². The van der Waals surface area contributed by atoms with Crippen molar-refractivity contribution in [3.05, 3.63) is 28.2 Å². The van der Waals surface area contributed by atoms with Gasteiger partial charge in [0.15, 0.2) is 0 Å². The van der Waals surface area contributed by atoms with Crippen LogP contribution >= 0.6 is 15.9 Å². The molecule has 1 aliphatic heterocycles. The van der Waals surface area contributed by atoms with Crippen molar-refractivity contribution in [3.63, 3.8) is 0 Å². The molecule has 1 unspecified atom stereocenters. The van der Waals surface area contributed by atoms with Gasteiger partial charge in [-0.2, -0.15) is 0 Å². The summed E-state index contributed by atoms with van der Waals surface area (Å²) in [6, 6.07) is 6.11. The molecule has 0 amide bonds. The van der Waals surface area contributed by atoms with E-state index in [1.165, 1.54) is 5.56 Å². The van der Waals surface area contributed by atoms with Crippen molar-refractivity contribution in [1.82, 2.24) is 4.90 Å². The monoisotopic (exact) mass is 299 g/mol. The molecule has 1 aliphatic rings. The highest BCUT2D eigenvalue weighted by atomic mass is 79.9. The van der Waals surface area contributed by atoms with Crippen LogP contribution < -0.4 is 4.74 Å². The molecule has 94 valence electrons. The van der Waals surface area contributed by atoms with Crippen LogP contribution in [0.1, 0.15) is 18.9 Å². The van der Waals surface area contributed by atoms with Gasteiger partial charge in [-0.25, -0.2) is 0 Å². The molecule has 1 heterocycles. The number of hydrogen-bond acceptors (Lipinski definition) is 3. The van der Waals surface area contributed by atoms with E-state index >= 15 is 0 Å². The van der Waals surface area contributed by atoms with Crippen LogP contribution in [0, 0.1) is 0 Å². The maximum absolute atomic E-state index is 9.91. The lowest BCUT2D eigenvalue weighted by Crippen LogP contribution is -2.29. The number of hydrogen-bond donors (Lipinski definition) is 1. The van der Waals surface area contributed by atoms with Gasteiger partial charge in [-0.05, 0) is 47.0 Å². The van der Waals surface area contributed by atoms with Crippen LogP contribution in [0.4, 0.5) is 0 Å². The van der Waals surface area contributed by atoms with E-state index in [1.54, 1.807) is 7.11 Å². The van der Waals surface area contributed by atoms with Crippen LogP contribution in [0.25, 0.3) is 0 Å².